The summed E-state index contributed by atoms with van der Waals surface area (Å²) >= 11 is 0. The van der Waals surface area contributed by atoms with Gasteiger partial charge in [-0.25, -0.2) is 0 Å². The molecule has 0 bridgehead atoms. The molecule has 0 amide bonds. The number of aromatic amines is 1. The van der Waals surface area contributed by atoms with Crippen molar-refractivity contribution in [2.24, 2.45) is 5.73 Å². The SMILES string of the molecule is COC(=O)C(N)Cc1c(C)[nH]c2cc3c(cc12)CCC3. The Kier molecular flexibility index (Phi) is 3.26. The molecule has 1 aromatic heterocycles. The Labute approximate surface area is 118 Å². The first-order chi connectivity index (χ1) is 9.60. The van der Waals surface area contributed by atoms with Crippen molar-refractivity contribution in [2.75, 3.05) is 7.11 Å². The van der Waals surface area contributed by atoms with Gasteiger partial charge in [-0.1, -0.05) is 0 Å². The molecule has 0 saturated heterocycles. The highest BCUT2D eigenvalue weighted by Crippen LogP contribution is 2.31. The van der Waals surface area contributed by atoms with E-state index >= 15 is 0 Å². The fourth-order valence-corrected chi connectivity index (χ4v) is 3.17. The number of carbonyl (C=O) groups excluding carboxylic acids is 1. The molecule has 0 saturated carbocycles. The maximum Gasteiger partial charge on any atom is 0.322 e. The van der Waals surface area contributed by atoms with Gasteiger partial charge < -0.3 is 15.5 Å². The lowest BCUT2D eigenvalue weighted by Crippen LogP contribution is -2.33. The second-order valence-electron chi connectivity index (χ2n) is 5.58. The molecule has 0 radical (unpaired) electrons. The van der Waals surface area contributed by atoms with Crippen LogP contribution in [0.4, 0.5) is 0 Å². The van der Waals surface area contributed by atoms with Crippen LogP contribution < -0.4 is 5.73 Å². The molecule has 0 fully saturated rings. The van der Waals surface area contributed by atoms with Gasteiger partial charge in [0.05, 0.1) is 7.11 Å². The smallest absolute Gasteiger partial charge is 0.322 e. The van der Waals surface area contributed by atoms with E-state index in [1.54, 1.807) is 0 Å². The molecule has 1 aromatic carbocycles. The molecule has 1 aliphatic rings. The number of benzene rings is 1. The molecule has 1 atom stereocenters. The fraction of sp³-hybridized carbons (Fsp3) is 0.438. The second kappa shape index (κ2) is 4.94. The van der Waals surface area contributed by atoms with Gasteiger partial charge in [-0.15, -0.1) is 0 Å². The molecule has 3 N–H and O–H groups in total. The van der Waals surface area contributed by atoms with Crippen molar-refractivity contribution < 1.29 is 9.53 Å². The van der Waals surface area contributed by atoms with Crippen molar-refractivity contribution in [2.45, 2.75) is 38.6 Å². The van der Waals surface area contributed by atoms with Crippen molar-refractivity contribution in [3.63, 3.8) is 0 Å². The van der Waals surface area contributed by atoms with Gasteiger partial charge in [0.1, 0.15) is 6.04 Å². The van der Waals surface area contributed by atoms with Gasteiger partial charge in [0, 0.05) is 23.0 Å². The van der Waals surface area contributed by atoms with E-state index in [4.69, 9.17) is 10.5 Å². The lowest BCUT2D eigenvalue weighted by atomic mass is 10.00. The molecular weight excluding hydrogens is 252 g/mol. The molecule has 1 aliphatic carbocycles. The summed E-state index contributed by atoms with van der Waals surface area (Å²) in [5.74, 6) is -0.361. The number of rotatable bonds is 3. The van der Waals surface area contributed by atoms with E-state index in [0.29, 0.717) is 6.42 Å². The van der Waals surface area contributed by atoms with Crippen LogP contribution in [0.25, 0.3) is 10.9 Å². The average molecular weight is 272 g/mol. The maximum absolute atomic E-state index is 11.5. The standard InChI is InChI=1S/C16H20N2O2/c1-9-12(8-14(17)16(19)20-2)13-6-10-4-3-5-11(10)7-15(13)18-9/h6-7,14,18H,3-5,8,17H2,1-2H3. The first-order valence-electron chi connectivity index (χ1n) is 7.06. The predicted molar refractivity (Wildman–Crippen MR) is 78.8 cm³/mol. The van der Waals surface area contributed by atoms with Crippen LogP contribution in [0.2, 0.25) is 0 Å². The minimum atomic E-state index is -0.606. The van der Waals surface area contributed by atoms with Gasteiger partial charge >= 0.3 is 5.97 Å². The largest absolute Gasteiger partial charge is 0.468 e. The molecule has 2 aromatic rings. The van der Waals surface area contributed by atoms with E-state index in [1.165, 1.54) is 36.5 Å². The Bertz CT molecular complexity index is 673. The van der Waals surface area contributed by atoms with E-state index in [2.05, 4.69) is 17.1 Å². The van der Waals surface area contributed by atoms with Crippen molar-refractivity contribution in [3.05, 3.63) is 34.5 Å². The zero-order valence-electron chi connectivity index (χ0n) is 12.0. The third-order valence-corrected chi connectivity index (χ3v) is 4.26. The number of nitrogens with two attached hydrogens (primary N) is 1. The topological polar surface area (TPSA) is 68.1 Å². The molecule has 4 heteroatoms. The molecule has 106 valence electrons. The van der Waals surface area contributed by atoms with Crippen LogP contribution in [0.1, 0.15) is 28.8 Å². The van der Waals surface area contributed by atoms with Crippen LogP contribution >= 0.6 is 0 Å². The Balaban J connectivity index is 2.02. The number of ether oxygens (including phenoxy) is 1. The van der Waals surface area contributed by atoms with Gasteiger partial charge in [-0.05, 0) is 55.0 Å². The summed E-state index contributed by atoms with van der Waals surface area (Å²) in [6, 6.07) is 3.91. The van der Waals surface area contributed by atoms with Crippen LogP contribution in [-0.4, -0.2) is 24.1 Å². The van der Waals surface area contributed by atoms with E-state index in [-0.39, 0.29) is 5.97 Å². The van der Waals surface area contributed by atoms with Crippen LogP contribution in [-0.2, 0) is 28.8 Å². The number of nitrogens with one attached hydrogen (secondary N) is 1. The number of fused-ring (bicyclic) bond motifs is 2. The highest BCUT2D eigenvalue weighted by molar-refractivity contribution is 5.87. The molecule has 1 heterocycles. The number of esters is 1. The second-order valence-corrected chi connectivity index (χ2v) is 5.58. The highest BCUT2D eigenvalue weighted by atomic mass is 16.5. The minimum Gasteiger partial charge on any atom is -0.468 e. The quantitative estimate of drug-likeness (QED) is 0.840. The zero-order chi connectivity index (χ0) is 14.3. The Morgan fingerprint density at radius 3 is 2.80 bits per heavy atom. The predicted octanol–water partition coefficient (Wildman–Crippen LogP) is 2.01. The first-order valence-corrected chi connectivity index (χ1v) is 7.06. The number of carbonyl (C=O) groups is 1. The zero-order valence-corrected chi connectivity index (χ0v) is 12.0. The van der Waals surface area contributed by atoms with Crippen LogP contribution in [0.3, 0.4) is 0 Å². The van der Waals surface area contributed by atoms with Gasteiger partial charge in [0.15, 0.2) is 0 Å². The molecule has 0 aliphatic heterocycles. The molecule has 0 spiro atoms. The summed E-state index contributed by atoms with van der Waals surface area (Å²) in [6.45, 7) is 2.03. The summed E-state index contributed by atoms with van der Waals surface area (Å²) in [4.78, 5) is 14.9. The fourth-order valence-electron chi connectivity index (χ4n) is 3.17. The molecule has 3 rings (SSSR count). The number of hydrogen-bond acceptors (Lipinski definition) is 3. The van der Waals surface area contributed by atoms with Crippen molar-refractivity contribution >= 4 is 16.9 Å². The number of hydrogen-bond donors (Lipinski definition) is 2. The van der Waals surface area contributed by atoms with Crippen LogP contribution in [0.15, 0.2) is 12.1 Å². The number of aromatic nitrogens is 1. The Morgan fingerprint density at radius 2 is 2.10 bits per heavy atom. The molecular formula is C16H20N2O2. The number of aryl methyl sites for hydroxylation is 3. The van der Waals surface area contributed by atoms with Gasteiger partial charge in [0.25, 0.3) is 0 Å². The third-order valence-electron chi connectivity index (χ3n) is 4.26. The lowest BCUT2D eigenvalue weighted by molar-refractivity contribution is -0.142. The first kappa shape index (κ1) is 13.2. The molecule has 1 unspecified atom stereocenters. The van der Waals surface area contributed by atoms with E-state index in [9.17, 15) is 4.79 Å². The Hall–Kier alpha value is -1.81. The van der Waals surface area contributed by atoms with E-state index in [1.807, 2.05) is 6.92 Å². The monoisotopic (exact) mass is 272 g/mol. The molecule has 20 heavy (non-hydrogen) atoms. The van der Waals surface area contributed by atoms with Crippen molar-refractivity contribution in [1.82, 2.24) is 4.98 Å². The summed E-state index contributed by atoms with van der Waals surface area (Å²) in [7, 11) is 1.37. The highest BCUT2D eigenvalue weighted by Gasteiger charge is 2.20. The summed E-state index contributed by atoms with van der Waals surface area (Å²) in [5, 5.41) is 1.20. The average Bonchev–Trinajstić information content (AvgIpc) is 3.00. The third kappa shape index (κ3) is 2.10. The summed E-state index contributed by atoms with van der Waals surface area (Å²) in [5.41, 5.74) is 12.2. The number of methoxy groups -OCH3 is 1. The number of H-pyrrole nitrogens is 1. The lowest BCUT2D eigenvalue weighted by Gasteiger charge is -2.09. The van der Waals surface area contributed by atoms with Gasteiger partial charge in [0.2, 0.25) is 0 Å². The summed E-state index contributed by atoms with van der Waals surface area (Å²) in [6.07, 6.45) is 4.06. The van der Waals surface area contributed by atoms with Gasteiger partial charge in [-0.2, -0.15) is 0 Å². The molecule has 4 nitrogen and oxygen atoms in total. The Morgan fingerprint density at radius 1 is 1.40 bits per heavy atom. The summed E-state index contributed by atoms with van der Waals surface area (Å²) < 4.78 is 4.71. The van der Waals surface area contributed by atoms with Crippen LogP contribution in [0.5, 0.6) is 0 Å². The van der Waals surface area contributed by atoms with Crippen LogP contribution in [0, 0.1) is 6.92 Å². The van der Waals surface area contributed by atoms with Crippen molar-refractivity contribution in [3.8, 4) is 0 Å². The normalized spacial score (nSPS) is 15.3. The van der Waals surface area contributed by atoms with Crippen molar-refractivity contribution in [1.29, 1.82) is 0 Å². The minimum absolute atomic E-state index is 0.361. The van der Waals surface area contributed by atoms with Gasteiger partial charge in [-0.3, -0.25) is 4.79 Å². The van der Waals surface area contributed by atoms with E-state index < -0.39 is 6.04 Å². The van der Waals surface area contributed by atoms with E-state index in [0.717, 1.165) is 23.2 Å². The maximum atomic E-state index is 11.5.